The predicted octanol–water partition coefficient (Wildman–Crippen LogP) is 3.42. The van der Waals surface area contributed by atoms with Crippen LogP contribution in [0.25, 0.3) is 5.69 Å². The maximum Gasteiger partial charge on any atom is 0.264 e. The summed E-state index contributed by atoms with van der Waals surface area (Å²) >= 11 is 1.41. The lowest BCUT2D eigenvalue weighted by Crippen LogP contribution is -2.46. The third-order valence-corrected chi connectivity index (χ3v) is 5.96. The topological polar surface area (TPSA) is 67.2 Å². The molecule has 0 unspecified atom stereocenters. The Kier molecular flexibility index (Phi) is 5.25. The number of likely N-dealkylation sites (tertiary alicyclic amines) is 1. The number of hydrogen-bond acceptors (Lipinski definition) is 4. The maximum atomic E-state index is 12.9. The van der Waals surface area contributed by atoms with Gasteiger partial charge in [0.1, 0.15) is 6.04 Å². The number of aromatic nitrogens is 2. The zero-order valence-corrected chi connectivity index (χ0v) is 16.4. The van der Waals surface area contributed by atoms with E-state index in [9.17, 15) is 9.59 Å². The molecule has 2 atom stereocenters. The smallest absolute Gasteiger partial charge is 0.264 e. The van der Waals surface area contributed by atoms with E-state index in [1.54, 1.807) is 17.4 Å². The van der Waals surface area contributed by atoms with E-state index in [1.807, 2.05) is 59.5 Å². The number of nitrogens with zero attached hydrogens (tertiary/aromatic N) is 3. The fourth-order valence-corrected chi connectivity index (χ4v) is 4.24. The molecule has 3 heterocycles. The highest BCUT2D eigenvalue weighted by Crippen LogP contribution is 2.23. The minimum Gasteiger partial charge on any atom is -0.348 e. The quantitative estimate of drug-likeness (QED) is 0.721. The monoisotopic (exact) mass is 394 g/mol. The van der Waals surface area contributed by atoms with Gasteiger partial charge in [-0.3, -0.25) is 9.59 Å². The largest absolute Gasteiger partial charge is 0.348 e. The number of rotatable bonds is 5. The van der Waals surface area contributed by atoms with Gasteiger partial charge in [-0.25, -0.2) is 4.98 Å². The molecule has 1 fully saturated rings. The highest BCUT2D eigenvalue weighted by molar-refractivity contribution is 7.12. The summed E-state index contributed by atoms with van der Waals surface area (Å²) in [5.41, 5.74) is 2.04. The van der Waals surface area contributed by atoms with Crippen molar-refractivity contribution in [2.24, 2.45) is 0 Å². The van der Waals surface area contributed by atoms with Crippen LogP contribution in [0.1, 0.15) is 41.0 Å². The Morgan fingerprint density at radius 3 is 2.75 bits per heavy atom. The van der Waals surface area contributed by atoms with Crippen LogP contribution in [0.4, 0.5) is 0 Å². The van der Waals surface area contributed by atoms with E-state index in [1.165, 1.54) is 11.3 Å². The Labute approximate surface area is 167 Å². The van der Waals surface area contributed by atoms with E-state index >= 15 is 0 Å². The second kappa shape index (κ2) is 7.98. The summed E-state index contributed by atoms with van der Waals surface area (Å²) in [5, 5.41) is 4.96. The fourth-order valence-electron chi connectivity index (χ4n) is 3.56. The van der Waals surface area contributed by atoms with E-state index in [0.29, 0.717) is 17.8 Å². The summed E-state index contributed by atoms with van der Waals surface area (Å²) in [6.07, 6.45) is 6.93. The van der Waals surface area contributed by atoms with Gasteiger partial charge in [0.05, 0.1) is 17.2 Å². The van der Waals surface area contributed by atoms with Crippen LogP contribution in [0.5, 0.6) is 0 Å². The van der Waals surface area contributed by atoms with Gasteiger partial charge < -0.3 is 14.8 Å². The average molecular weight is 395 g/mol. The number of carbonyl (C=O) groups excluding carboxylic acids is 2. The van der Waals surface area contributed by atoms with Crippen molar-refractivity contribution in [2.75, 3.05) is 6.54 Å². The third kappa shape index (κ3) is 3.71. The van der Waals surface area contributed by atoms with Crippen molar-refractivity contribution in [1.82, 2.24) is 19.8 Å². The van der Waals surface area contributed by atoms with Crippen LogP contribution in [0, 0.1) is 0 Å². The van der Waals surface area contributed by atoms with Crippen molar-refractivity contribution < 1.29 is 9.59 Å². The van der Waals surface area contributed by atoms with Crippen LogP contribution in [-0.2, 0) is 4.79 Å². The van der Waals surface area contributed by atoms with Gasteiger partial charge in [-0.05, 0) is 48.9 Å². The Morgan fingerprint density at radius 1 is 1.25 bits per heavy atom. The summed E-state index contributed by atoms with van der Waals surface area (Å²) in [4.78, 5) is 32.0. The number of hydrogen-bond donors (Lipinski definition) is 1. The predicted molar refractivity (Wildman–Crippen MR) is 108 cm³/mol. The molecular formula is C21H22N4O2S. The lowest BCUT2D eigenvalue weighted by atomic mass is 10.1. The molecule has 3 aromatic rings. The highest BCUT2D eigenvalue weighted by Gasteiger charge is 2.35. The van der Waals surface area contributed by atoms with Crippen LogP contribution in [0.15, 0.2) is 60.5 Å². The molecule has 144 valence electrons. The van der Waals surface area contributed by atoms with Crippen LogP contribution in [0.2, 0.25) is 0 Å². The molecule has 0 spiro atoms. The first-order chi connectivity index (χ1) is 13.6. The molecule has 0 bridgehead atoms. The molecule has 7 heteroatoms. The van der Waals surface area contributed by atoms with Crippen molar-refractivity contribution in [1.29, 1.82) is 0 Å². The molecule has 0 aliphatic carbocycles. The number of imidazole rings is 1. The first-order valence-corrected chi connectivity index (χ1v) is 10.2. The zero-order valence-electron chi connectivity index (χ0n) is 15.6. The first kappa shape index (κ1) is 18.4. The number of carbonyl (C=O) groups is 2. The number of benzene rings is 1. The first-order valence-electron chi connectivity index (χ1n) is 9.36. The number of thiophene rings is 1. The van der Waals surface area contributed by atoms with E-state index in [4.69, 9.17) is 0 Å². The minimum absolute atomic E-state index is 0.0509. The molecule has 6 nitrogen and oxygen atoms in total. The molecule has 1 aliphatic heterocycles. The fraction of sp³-hybridized carbons (Fsp3) is 0.286. The highest BCUT2D eigenvalue weighted by atomic mass is 32.1. The van der Waals surface area contributed by atoms with E-state index in [2.05, 4.69) is 10.3 Å². The molecule has 1 aromatic carbocycles. The summed E-state index contributed by atoms with van der Waals surface area (Å²) in [6.45, 7) is 2.59. The van der Waals surface area contributed by atoms with Gasteiger partial charge in [0.15, 0.2) is 0 Å². The average Bonchev–Trinajstić information content (AvgIpc) is 3.50. The molecule has 2 aromatic heterocycles. The van der Waals surface area contributed by atoms with Gasteiger partial charge in [0.2, 0.25) is 5.91 Å². The summed E-state index contributed by atoms with van der Waals surface area (Å²) < 4.78 is 1.93. The van der Waals surface area contributed by atoms with Gasteiger partial charge in [0, 0.05) is 24.6 Å². The lowest BCUT2D eigenvalue weighted by Gasteiger charge is -2.25. The van der Waals surface area contributed by atoms with E-state index < -0.39 is 6.04 Å². The Hall–Kier alpha value is -2.93. The Morgan fingerprint density at radius 2 is 2.07 bits per heavy atom. The molecule has 28 heavy (non-hydrogen) atoms. The molecule has 1 saturated heterocycles. The second-order valence-corrected chi connectivity index (χ2v) is 7.87. The van der Waals surface area contributed by atoms with Crippen molar-refractivity contribution >= 4 is 23.2 Å². The second-order valence-electron chi connectivity index (χ2n) is 6.93. The molecule has 2 amide bonds. The van der Waals surface area contributed by atoms with Gasteiger partial charge in [0.25, 0.3) is 5.91 Å². The van der Waals surface area contributed by atoms with Gasteiger partial charge in [-0.2, -0.15) is 0 Å². The standard InChI is InChI=1S/C21H22N4O2S/c1-15(16-6-8-17(9-7-16)24-12-10-22-14-24)23-20(26)18-4-2-11-25(18)21(27)19-5-3-13-28-19/h3,5-10,12-15,18H,2,4,11H2,1H3,(H,23,26)/t15-,18-/m1/s1. The van der Waals surface area contributed by atoms with Crippen molar-refractivity contribution in [3.05, 3.63) is 70.9 Å². The molecule has 0 saturated carbocycles. The Balaban J connectivity index is 1.41. The van der Waals surface area contributed by atoms with Crippen molar-refractivity contribution in [3.63, 3.8) is 0 Å². The lowest BCUT2D eigenvalue weighted by molar-refractivity contribution is -0.125. The van der Waals surface area contributed by atoms with Crippen LogP contribution in [0.3, 0.4) is 0 Å². The van der Waals surface area contributed by atoms with Gasteiger partial charge in [-0.15, -0.1) is 11.3 Å². The van der Waals surface area contributed by atoms with E-state index in [-0.39, 0.29) is 17.9 Å². The summed E-state index contributed by atoms with van der Waals surface area (Å²) in [6, 6.07) is 11.1. The number of amides is 2. The zero-order chi connectivity index (χ0) is 19.5. The summed E-state index contributed by atoms with van der Waals surface area (Å²) in [7, 11) is 0. The maximum absolute atomic E-state index is 12.9. The van der Waals surface area contributed by atoms with Crippen LogP contribution in [-0.4, -0.2) is 38.9 Å². The van der Waals surface area contributed by atoms with Gasteiger partial charge >= 0.3 is 0 Å². The molecule has 0 radical (unpaired) electrons. The van der Waals surface area contributed by atoms with Crippen LogP contribution >= 0.6 is 11.3 Å². The van der Waals surface area contributed by atoms with Crippen LogP contribution < -0.4 is 5.32 Å². The van der Waals surface area contributed by atoms with Crippen molar-refractivity contribution in [3.8, 4) is 5.69 Å². The third-order valence-electron chi connectivity index (χ3n) is 5.10. The summed E-state index contributed by atoms with van der Waals surface area (Å²) in [5.74, 6) is -0.140. The molecule has 1 N–H and O–H groups in total. The molecule has 4 rings (SSSR count). The molecular weight excluding hydrogens is 372 g/mol. The number of nitrogens with one attached hydrogen (secondary N) is 1. The van der Waals surface area contributed by atoms with E-state index in [0.717, 1.165) is 17.7 Å². The van der Waals surface area contributed by atoms with Crippen molar-refractivity contribution in [2.45, 2.75) is 31.8 Å². The normalized spacial score (nSPS) is 17.5. The minimum atomic E-state index is -0.401. The molecule has 1 aliphatic rings. The van der Waals surface area contributed by atoms with Gasteiger partial charge in [-0.1, -0.05) is 18.2 Å². The Bertz CT molecular complexity index is 935. The SMILES string of the molecule is C[C@@H](NC(=O)[C@H]1CCCN1C(=O)c1cccs1)c1ccc(-n2ccnc2)cc1.